The Kier molecular flexibility index (Phi) is 6.10. The number of halogens is 3. The van der Waals surface area contributed by atoms with Gasteiger partial charge in [0.2, 0.25) is 0 Å². The molecule has 8 nitrogen and oxygen atoms in total. The lowest BCUT2D eigenvalue weighted by Crippen LogP contribution is -2.33. The monoisotopic (exact) mass is 481 g/mol. The van der Waals surface area contributed by atoms with E-state index in [9.17, 15) is 23.2 Å². The normalized spacial score (nSPS) is 13.5. The second-order valence-corrected chi connectivity index (χ2v) is 7.78. The summed E-state index contributed by atoms with van der Waals surface area (Å²) in [4.78, 5) is 15.0. The molecule has 4 rings (SSSR count). The van der Waals surface area contributed by atoms with Gasteiger partial charge in [-0.1, -0.05) is 0 Å². The standard InChI is InChI=1S/C24H18F3N5O3/c1-14(24(25,26)27)35-20-8-5-16(10-29)22(34-2)21(20)23(33)31-12-17-11-30-32(19(17)13-31)18-6-3-15(9-28)4-7-18/h3-8,11,14H,12-13H2,1-2H3. The van der Waals surface area contributed by atoms with Crippen molar-refractivity contribution in [3.05, 3.63) is 70.5 Å². The zero-order valence-corrected chi connectivity index (χ0v) is 18.6. The van der Waals surface area contributed by atoms with Crippen LogP contribution in [0.15, 0.2) is 42.6 Å². The topological polar surface area (TPSA) is 104 Å². The van der Waals surface area contributed by atoms with Crippen LogP contribution in [0.5, 0.6) is 11.5 Å². The largest absolute Gasteiger partial charge is 0.494 e. The number of nitriles is 2. The molecule has 11 heteroatoms. The van der Waals surface area contributed by atoms with E-state index in [1.165, 1.54) is 18.1 Å². The Hall–Kier alpha value is -4.51. The molecule has 0 radical (unpaired) electrons. The number of nitrogens with zero attached hydrogens (tertiary/aromatic N) is 5. The third-order valence-corrected chi connectivity index (χ3v) is 5.61. The van der Waals surface area contributed by atoms with Crippen molar-refractivity contribution in [1.82, 2.24) is 14.7 Å². The van der Waals surface area contributed by atoms with Crippen LogP contribution in [-0.4, -0.2) is 40.0 Å². The fourth-order valence-electron chi connectivity index (χ4n) is 3.77. The lowest BCUT2D eigenvalue weighted by molar-refractivity contribution is -0.189. The third-order valence-electron chi connectivity index (χ3n) is 5.61. The summed E-state index contributed by atoms with van der Waals surface area (Å²) >= 11 is 0. The number of rotatable bonds is 5. The van der Waals surface area contributed by atoms with Gasteiger partial charge in [0.05, 0.1) is 48.4 Å². The zero-order valence-electron chi connectivity index (χ0n) is 18.6. The van der Waals surface area contributed by atoms with Gasteiger partial charge in [-0.15, -0.1) is 0 Å². The Labute approximate surface area is 198 Å². The number of amides is 1. The fraction of sp³-hybridized carbons (Fsp3) is 0.250. The van der Waals surface area contributed by atoms with Crippen molar-refractivity contribution in [1.29, 1.82) is 10.5 Å². The molecule has 35 heavy (non-hydrogen) atoms. The molecule has 0 spiro atoms. The number of carbonyl (C=O) groups excluding carboxylic acids is 1. The second kappa shape index (κ2) is 9.03. The van der Waals surface area contributed by atoms with Crippen LogP contribution >= 0.6 is 0 Å². The minimum atomic E-state index is -4.66. The highest BCUT2D eigenvalue weighted by Crippen LogP contribution is 2.37. The van der Waals surface area contributed by atoms with E-state index >= 15 is 0 Å². The molecule has 0 bridgehead atoms. The maximum Gasteiger partial charge on any atom is 0.425 e. The molecule has 2 heterocycles. The Balaban J connectivity index is 1.69. The summed E-state index contributed by atoms with van der Waals surface area (Å²) in [5, 5.41) is 22.8. The van der Waals surface area contributed by atoms with Gasteiger partial charge in [0.25, 0.3) is 5.91 Å². The number of aromatic nitrogens is 2. The Morgan fingerprint density at radius 2 is 1.83 bits per heavy atom. The minimum Gasteiger partial charge on any atom is -0.494 e. The predicted octanol–water partition coefficient (Wildman–Crippen LogP) is 4.11. The summed E-state index contributed by atoms with van der Waals surface area (Å²) in [6, 6.07) is 13.1. The maximum absolute atomic E-state index is 13.6. The lowest BCUT2D eigenvalue weighted by atomic mass is 10.1. The maximum atomic E-state index is 13.6. The van der Waals surface area contributed by atoms with E-state index < -0.39 is 18.2 Å². The Morgan fingerprint density at radius 1 is 1.11 bits per heavy atom. The highest BCUT2D eigenvalue weighted by atomic mass is 19.4. The van der Waals surface area contributed by atoms with Crippen molar-refractivity contribution in [3.8, 4) is 29.3 Å². The van der Waals surface area contributed by atoms with E-state index in [1.807, 2.05) is 12.1 Å². The van der Waals surface area contributed by atoms with E-state index in [1.54, 1.807) is 35.1 Å². The molecule has 0 fully saturated rings. The van der Waals surface area contributed by atoms with Crippen molar-refractivity contribution in [2.45, 2.75) is 32.3 Å². The molecule has 1 aliphatic rings. The average Bonchev–Trinajstić information content (AvgIpc) is 3.44. The molecule has 178 valence electrons. The molecule has 1 aromatic heterocycles. The smallest absolute Gasteiger partial charge is 0.425 e. The average molecular weight is 481 g/mol. The van der Waals surface area contributed by atoms with Gasteiger partial charge < -0.3 is 14.4 Å². The van der Waals surface area contributed by atoms with Crippen LogP contribution in [0, 0.1) is 22.7 Å². The molecule has 2 aromatic carbocycles. The third kappa shape index (κ3) is 4.36. The number of hydrogen-bond donors (Lipinski definition) is 0. The molecule has 0 aliphatic carbocycles. The molecule has 1 amide bonds. The van der Waals surface area contributed by atoms with Crippen molar-refractivity contribution in [2.24, 2.45) is 0 Å². The molecule has 0 saturated carbocycles. The number of methoxy groups -OCH3 is 1. The van der Waals surface area contributed by atoms with Crippen LogP contribution in [-0.2, 0) is 13.1 Å². The quantitative estimate of drug-likeness (QED) is 0.543. The van der Waals surface area contributed by atoms with Gasteiger partial charge in [0, 0.05) is 12.1 Å². The molecule has 0 N–H and O–H groups in total. The highest BCUT2D eigenvalue weighted by molar-refractivity contribution is 6.00. The predicted molar refractivity (Wildman–Crippen MR) is 116 cm³/mol. The first kappa shape index (κ1) is 23.6. The number of benzene rings is 2. The van der Waals surface area contributed by atoms with E-state index in [4.69, 9.17) is 14.7 Å². The molecular formula is C24H18F3N5O3. The van der Waals surface area contributed by atoms with Crippen molar-refractivity contribution >= 4 is 5.91 Å². The second-order valence-electron chi connectivity index (χ2n) is 7.78. The van der Waals surface area contributed by atoms with Crippen LogP contribution in [0.2, 0.25) is 0 Å². The Morgan fingerprint density at radius 3 is 2.43 bits per heavy atom. The summed E-state index contributed by atoms with van der Waals surface area (Å²) in [5.74, 6) is -1.14. The first-order valence-corrected chi connectivity index (χ1v) is 10.4. The van der Waals surface area contributed by atoms with Gasteiger partial charge in [0.1, 0.15) is 17.4 Å². The van der Waals surface area contributed by atoms with Crippen molar-refractivity contribution in [3.63, 3.8) is 0 Å². The van der Waals surface area contributed by atoms with Crippen LogP contribution < -0.4 is 9.47 Å². The number of hydrogen-bond acceptors (Lipinski definition) is 6. The van der Waals surface area contributed by atoms with Gasteiger partial charge in [-0.2, -0.15) is 28.8 Å². The summed E-state index contributed by atoms with van der Waals surface area (Å²) in [7, 11) is 1.23. The van der Waals surface area contributed by atoms with E-state index in [2.05, 4.69) is 5.10 Å². The first-order valence-electron chi connectivity index (χ1n) is 10.4. The van der Waals surface area contributed by atoms with Gasteiger partial charge in [-0.25, -0.2) is 4.68 Å². The Bertz CT molecular complexity index is 1370. The summed E-state index contributed by atoms with van der Waals surface area (Å²) in [6.45, 7) is 1.10. The first-order chi connectivity index (χ1) is 16.7. The van der Waals surface area contributed by atoms with Crippen LogP contribution in [0.1, 0.15) is 39.7 Å². The van der Waals surface area contributed by atoms with Gasteiger partial charge >= 0.3 is 6.18 Å². The SMILES string of the molecule is COc1c(C#N)ccc(OC(C)C(F)(F)F)c1C(=O)N1Cc2cnn(-c3ccc(C#N)cc3)c2C1. The van der Waals surface area contributed by atoms with Gasteiger partial charge in [-0.3, -0.25) is 4.79 Å². The van der Waals surface area contributed by atoms with E-state index in [-0.39, 0.29) is 35.7 Å². The summed E-state index contributed by atoms with van der Waals surface area (Å²) in [6.07, 6.45) is -5.24. The van der Waals surface area contributed by atoms with Crippen LogP contribution in [0.4, 0.5) is 13.2 Å². The molecular weight excluding hydrogens is 463 g/mol. The van der Waals surface area contributed by atoms with Crippen LogP contribution in [0.25, 0.3) is 5.69 Å². The van der Waals surface area contributed by atoms with Gasteiger partial charge in [-0.05, 0) is 43.3 Å². The van der Waals surface area contributed by atoms with Gasteiger partial charge in [0.15, 0.2) is 11.9 Å². The zero-order chi connectivity index (χ0) is 25.3. The minimum absolute atomic E-state index is 0.0108. The molecule has 3 aromatic rings. The molecule has 1 atom stereocenters. The fourth-order valence-corrected chi connectivity index (χ4v) is 3.77. The number of alkyl halides is 3. The summed E-state index contributed by atoms with van der Waals surface area (Å²) in [5.41, 5.74) is 2.37. The highest BCUT2D eigenvalue weighted by Gasteiger charge is 2.40. The molecule has 1 aliphatic heterocycles. The van der Waals surface area contributed by atoms with Crippen molar-refractivity contribution < 1.29 is 27.4 Å². The number of fused-ring (bicyclic) bond motifs is 1. The molecule has 1 unspecified atom stereocenters. The van der Waals surface area contributed by atoms with Crippen LogP contribution in [0.3, 0.4) is 0 Å². The number of ether oxygens (including phenoxy) is 2. The molecule has 0 saturated heterocycles. The summed E-state index contributed by atoms with van der Waals surface area (Å²) < 4.78 is 51.5. The lowest BCUT2D eigenvalue weighted by Gasteiger charge is -2.23. The van der Waals surface area contributed by atoms with E-state index in [0.717, 1.165) is 18.6 Å². The van der Waals surface area contributed by atoms with E-state index in [0.29, 0.717) is 16.9 Å². The van der Waals surface area contributed by atoms with Crippen molar-refractivity contribution in [2.75, 3.05) is 7.11 Å². The number of carbonyl (C=O) groups is 1.